The molecule has 1 unspecified atom stereocenters. The number of likely N-dealkylation sites (N-methyl/N-ethyl adjacent to an activating group) is 1. The largest absolute Gasteiger partial charge is 0.374 e. The Bertz CT molecular complexity index is 583. The van der Waals surface area contributed by atoms with Gasteiger partial charge in [-0.2, -0.15) is 0 Å². The van der Waals surface area contributed by atoms with Crippen molar-refractivity contribution in [2.75, 3.05) is 51.0 Å². The quantitative estimate of drug-likeness (QED) is 0.848. The van der Waals surface area contributed by atoms with Crippen LogP contribution in [-0.4, -0.2) is 65.7 Å². The van der Waals surface area contributed by atoms with Crippen LogP contribution in [0.5, 0.6) is 0 Å². The summed E-state index contributed by atoms with van der Waals surface area (Å²) in [6, 6.07) is 0. The molecule has 2 aromatic heterocycles. The van der Waals surface area contributed by atoms with Crippen molar-refractivity contribution in [3.05, 3.63) is 18.6 Å². The van der Waals surface area contributed by atoms with Crippen molar-refractivity contribution in [2.24, 2.45) is 0 Å². The number of imidazole rings is 1. The Kier molecular flexibility index (Phi) is 3.70. The Balaban J connectivity index is 1.74. The third kappa shape index (κ3) is 2.68. The Morgan fingerprint density at radius 1 is 1.50 bits per heavy atom. The molecule has 7 heteroatoms. The van der Waals surface area contributed by atoms with Crippen LogP contribution in [0.2, 0.25) is 0 Å². The van der Waals surface area contributed by atoms with E-state index in [0.29, 0.717) is 0 Å². The highest BCUT2D eigenvalue weighted by molar-refractivity contribution is 5.65. The van der Waals surface area contributed by atoms with Crippen molar-refractivity contribution in [3.8, 4) is 0 Å². The van der Waals surface area contributed by atoms with E-state index in [9.17, 15) is 0 Å². The van der Waals surface area contributed by atoms with Gasteiger partial charge in [0.2, 0.25) is 0 Å². The molecule has 1 aliphatic heterocycles. The summed E-state index contributed by atoms with van der Waals surface area (Å²) in [7, 11) is 3.97. The first-order valence-corrected chi connectivity index (χ1v) is 6.82. The van der Waals surface area contributed by atoms with Crippen LogP contribution in [0.1, 0.15) is 0 Å². The molecule has 0 aromatic carbocycles. The summed E-state index contributed by atoms with van der Waals surface area (Å²) >= 11 is 0. The average Bonchev–Trinajstić information content (AvgIpc) is 2.93. The minimum atomic E-state index is 0.184. The summed E-state index contributed by atoms with van der Waals surface area (Å²) in [5.74, 6) is 1.58. The summed E-state index contributed by atoms with van der Waals surface area (Å²) < 4.78 is 7.70. The third-order valence-corrected chi connectivity index (χ3v) is 3.47. The van der Waals surface area contributed by atoms with E-state index in [4.69, 9.17) is 4.74 Å². The van der Waals surface area contributed by atoms with Gasteiger partial charge in [0, 0.05) is 39.1 Å². The molecule has 108 valence electrons. The number of morpholine rings is 1. The van der Waals surface area contributed by atoms with Crippen molar-refractivity contribution < 1.29 is 4.74 Å². The van der Waals surface area contributed by atoms with Crippen LogP contribution in [0, 0.1) is 0 Å². The fourth-order valence-electron chi connectivity index (χ4n) is 2.37. The lowest BCUT2D eigenvalue weighted by Crippen LogP contribution is -2.43. The molecule has 20 heavy (non-hydrogen) atoms. The van der Waals surface area contributed by atoms with Crippen molar-refractivity contribution in [1.82, 2.24) is 19.3 Å². The minimum absolute atomic E-state index is 0.184. The smallest absolute Gasteiger partial charge is 0.180 e. The average molecular weight is 276 g/mol. The first-order valence-electron chi connectivity index (χ1n) is 6.82. The van der Waals surface area contributed by atoms with E-state index < -0.39 is 0 Å². The topological polar surface area (TPSA) is 66.7 Å². The highest BCUT2D eigenvalue weighted by atomic mass is 16.5. The van der Waals surface area contributed by atoms with Gasteiger partial charge >= 0.3 is 0 Å². The van der Waals surface area contributed by atoms with E-state index in [-0.39, 0.29) is 6.10 Å². The van der Waals surface area contributed by atoms with E-state index in [2.05, 4.69) is 32.5 Å². The van der Waals surface area contributed by atoms with Gasteiger partial charge in [-0.25, -0.2) is 9.97 Å². The first-order chi connectivity index (χ1) is 9.76. The predicted molar refractivity (Wildman–Crippen MR) is 78.3 cm³/mol. The molecule has 1 saturated heterocycles. The number of hydrogen-bond donors (Lipinski definition) is 2. The van der Waals surface area contributed by atoms with Gasteiger partial charge in [0.05, 0.1) is 18.9 Å². The van der Waals surface area contributed by atoms with Crippen molar-refractivity contribution in [1.29, 1.82) is 0 Å². The molecule has 0 bridgehead atoms. The van der Waals surface area contributed by atoms with Crippen LogP contribution in [-0.2, 0) is 4.74 Å². The summed E-state index contributed by atoms with van der Waals surface area (Å²) in [5, 5.41) is 6.41. The third-order valence-electron chi connectivity index (χ3n) is 3.47. The molecule has 3 heterocycles. The Morgan fingerprint density at radius 2 is 2.40 bits per heavy atom. The molecule has 2 aromatic rings. The lowest BCUT2D eigenvalue weighted by Gasteiger charge is -2.30. The molecular weight excluding hydrogens is 256 g/mol. The number of anilines is 2. The zero-order valence-electron chi connectivity index (χ0n) is 11.8. The van der Waals surface area contributed by atoms with Gasteiger partial charge in [-0.05, 0) is 7.05 Å². The van der Waals surface area contributed by atoms with Gasteiger partial charge in [0.15, 0.2) is 11.5 Å². The molecule has 0 amide bonds. The summed E-state index contributed by atoms with van der Waals surface area (Å²) in [6.07, 6.45) is 5.78. The lowest BCUT2D eigenvalue weighted by molar-refractivity contribution is -0.0117. The van der Waals surface area contributed by atoms with Crippen molar-refractivity contribution in [2.45, 2.75) is 6.10 Å². The van der Waals surface area contributed by atoms with E-state index >= 15 is 0 Å². The number of ether oxygens (including phenoxy) is 1. The van der Waals surface area contributed by atoms with Crippen LogP contribution in [0.15, 0.2) is 18.6 Å². The number of hydrogen-bond acceptors (Lipinski definition) is 6. The fourth-order valence-corrected chi connectivity index (χ4v) is 2.37. The predicted octanol–water partition coefficient (Wildman–Crippen LogP) is 0.513. The summed E-state index contributed by atoms with van der Waals surface area (Å²) in [5.41, 5.74) is 0.827. The molecule has 1 fully saturated rings. The Labute approximate surface area is 118 Å². The fraction of sp³-hybridized carbons (Fsp3) is 0.538. The van der Waals surface area contributed by atoms with Crippen LogP contribution < -0.4 is 10.6 Å². The van der Waals surface area contributed by atoms with Crippen LogP contribution in [0.25, 0.3) is 5.65 Å². The molecule has 0 radical (unpaired) electrons. The van der Waals surface area contributed by atoms with Crippen LogP contribution in [0.4, 0.5) is 11.6 Å². The molecule has 1 aliphatic rings. The van der Waals surface area contributed by atoms with Gasteiger partial charge in [0.1, 0.15) is 5.82 Å². The maximum absolute atomic E-state index is 5.75. The van der Waals surface area contributed by atoms with Gasteiger partial charge in [-0.3, -0.25) is 0 Å². The number of rotatable bonds is 4. The lowest BCUT2D eigenvalue weighted by atomic mass is 10.3. The normalized spacial score (nSPS) is 20.2. The van der Waals surface area contributed by atoms with E-state index in [1.54, 1.807) is 6.20 Å². The Morgan fingerprint density at radius 3 is 3.20 bits per heavy atom. The minimum Gasteiger partial charge on any atom is -0.374 e. The maximum atomic E-state index is 5.75. The van der Waals surface area contributed by atoms with Crippen molar-refractivity contribution >= 4 is 17.3 Å². The van der Waals surface area contributed by atoms with Gasteiger partial charge in [-0.15, -0.1) is 0 Å². The Hall–Kier alpha value is -1.86. The van der Waals surface area contributed by atoms with Gasteiger partial charge < -0.3 is 24.7 Å². The zero-order valence-corrected chi connectivity index (χ0v) is 11.8. The molecule has 0 aliphatic carbocycles. The zero-order chi connectivity index (χ0) is 13.9. The van der Waals surface area contributed by atoms with Crippen LogP contribution >= 0.6 is 0 Å². The van der Waals surface area contributed by atoms with Crippen molar-refractivity contribution in [3.63, 3.8) is 0 Å². The number of fused-ring (bicyclic) bond motifs is 1. The van der Waals surface area contributed by atoms with E-state index in [1.807, 2.05) is 23.8 Å². The molecule has 0 saturated carbocycles. The molecule has 2 N–H and O–H groups in total. The highest BCUT2D eigenvalue weighted by Crippen LogP contribution is 2.16. The second-order valence-electron chi connectivity index (χ2n) is 5.02. The van der Waals surface area contributed by atoms with Gasteiger partial charge in [-0.1, -0.05) is 0 Å². The number of nitrogens with zero attached hydrogens (tertiary/aromatic N) is 4. The number of nitrogens with one attached hydrogen (secondary N) is 2. The number of aromatic nitrogens is 3. The standard InChI is InChI=1S/C13H20N6O/c1-14-11-9-19-4-3-15-13(19)12(17-11)16-7-10-8-18(2)5-6-20-10/h3-4,9-10,14H,5-8H2,1-2H3,(H,16,17). The highest BCUT2D eigenvalue weighted by Gasteiger charge is 2.18. The van der Waals surface area contributed by atoms with E-state index in [1.165, 1.54) is 0 Å². The first kappa shape index (κ1) is 13.1. The summed E-state index contributed by atoms with van der Waals surface area (Å²) in [6.45, 7) is 3.44. The van der Waals surface area contributed by atoms with Gasteiger partial charge in [0.25, 0.3) is 0 Å². The molecule has 0 spiro atoms. The SMILES string of the molecule is CNc1cn2ccnc2c(NCC2CN(C)CCO2)n1. The molecule has 3 rings (SSSR count). The van der Waals surface area contributed by atoms with E-state index in [0.717, 1.165) is 43.5 Å². The second-order valence-corrected chi connectivity index (χ2v) is 5.02. The molecular formula is C13H20N6O. The molecule has 1 atom stereocenters. The monoisotopic (exact) mass is 276 g/mol. The second kappa shape index (κ2) is 5.64. The summed E-state index contributed by atoms with van der Waals surface area (Å²) in [4.78, 5) is 11.1. The molecule has 7 nitrogen and oxygen atoms in total. The van der Waals surface area contributed by atoms with Crippen LogP contribution in [0.3, 0.4) is 0 Å². The maximum Gasteiger partial charge on any atom is 0.180 e.